The van der Waals surface area contributed by atoms with E-state index in [4.69, 9.17) is 4.52 Å². The van der Waals surface area contributed by atoms with Crippen molar-refractivity contribution in [1.82, 2.24) is 30.5 Å². The van der Waals surface area contributed by atoms with Gasteiger partial charge >= 0.3 is 0 Å². The first kappa shape index (κ1) is 15.9. The van der Waals surface area contributed by atoms with Gasteiger partial charge in [-0.25, -0.2) is 4.68 Å². The molecule has 1 atom stereocenters. The van der Waals surface area contributed by atoms with E-state index < -0.39 is 6.04 Å². The molecule has 0 bridgehead atoms. The average Bonchev–Trinajstić information content (AvgIpc) is 3.30. The number of hydrogen-bond acceptors (Lipinski definition) is 6. The molecule has 2 aromatic heterocycles. The van der Waals surface area contributed by atoms with E-state index >= 15 is 0 Å². The first-order valence-corrected chi connectivity index (χ1v) is 8.11. The number of carbonyl (C=O) groups is 1. The summed E-state index contributed by atoms with van der Waals surface area (Å²) in [6.07, 6.45) is 0. The number of benzene rings is 2. The molecule has 0 aliphatic heterocycles. The van der Waals surface area contributed by atoms with Gasteiger partial charge in [-0.2, -0.15) is 4.98 Å². The van der Waals surface area contributed by atoms with Crippen LogP contribution in [0.2, 0.25) is 0 Å². The van der Waals surface area contributed by atoms with Crippen molar-refractivity contribution in [1.29, 1.82) is 0 Å². The highest BCUT2D eigenvalue weighted by molar-refractivity contribution is 5.94. The Labute approximate surface area is 148 Å². The minimum absolute atomic E-state index is 0.196. The van der Waals surface area contributed by atoms with Crippen LogP contribution < -0.4 is 5.32 Å². The summed E-state index contributed by atoms with van der Waals surface area (Å²) < 4.78 is 7.01. The number of aromatic nitrogens is 5. The van der Waals surface area contributed by atoms with Crippen LogP contribution in [0, 0.1) is 0 Å². The summed E-state index contributed by atoms with van der Waals surface area (Å²) in [7, 11) is 1.83. The highest BCUT2D eigenvalue weighted by Gasteiger charge is 2.18. The van der Waals surface area contributed by atoms with Crippen LogP contribution in [0.3, 0.4) is 0 Å². The maximum atomic E-state index is 12.2. The maximum Gasteiger partial charge on any atom is 0.251 e. The third-order valence-corrected chi connectivity index (χ3v) is 4.06. The Bertz CT molecular complexity index is 1070. The maximum absolute atomic E-state index is 12.2. The fourth-order valence-corrected chi connectivity index (χ4v) is 2.64. The molecule has 8 heteroatoms. The van der Waals surface area contributed by atoms with Gasteiger partial charge in [-0.3, -0.25) is 4.79 Å². The first-order chi connectivity index (χ1) is 12.6. The van der Waals surface area contributed by atoms with Crippen molar-refractivity contribution in [2.75, 3.05) is 0 Å². The smallest absolute Gasteiger partial charge is 0.251 e. The molecule has 2 heterocycles. The zero-order valence-electron chi connectivity index (χ0n) is 14.2. The molecular weight excluding hydrogens is 332 g/mol. The Hall–Kier alpha value is -3.55. The van der Waals surface area contributed by atoms with Crippen LogP contribution in [0.25, 0.3) is 22.4 Å². The second kappa shape index (κ2) is 6.40. The average molecular weight is 348 g/mol. The quantitative estimate of drug-likeness (QED) is 0.608. The third-order valence-electron chi connectivity index (χ3n) is 4.06. The summed E-state index contributed by atoms with van der Waals surface area (Å²) in [5, 5.41) is 14.9. The van der Waals surface area contributed by atoms with Crippen molar-refractivity contribution in [2.45, 2.75) is 13.0 Å². The standard InChI is InChI=1S/C18H16N6O2/c1-11(19-17(25)12-6-4-3-5-7-12)18-20-16(22-26-18)13-8-9-15-14(10-13)21-23-24(15)2/h3-11H,1-2H3,(H,19,25)/t11-/m0/s1. The van der Waals surface area contributed by atoms with Gasteiger partial charge in [0.1, 0.15) is 11.6 Å². The molecular formula is C18H16N6O2. The lowest BCUT2D eigenvalue weighted by Crippen LogP contribution is -2.26. The fourth-order valence-electron chi connectivity index (χ4n) is 2.64. The molecule has 0 aliphatic carbocycles. The van der Waals surface area contributed by atoms with Crippen LogP contribution in [0.5, 0.6) is 0 Å². The molecule has 8 nitrogen and oxygen atoms in total. The molecule has 0 saturated carbocycles. The number of nitrogens with zero attached hydrogens (tertiary/aromatic N) is 5. The van der Waals surface area contributed by atoms with Crippen LogP contribution in [0.1, 0.15) is 29.2 Å². The second-order valence-electron chi connectivity index (χ2n) is 5.93. The van der Waals surface area contributed by atoms with Crippen LogP contribution in [-0.2, 0) is 7.05 Å². The van der Waals surface area contributed by atoms with Crippen molar-refractivity contribution in [3.05, 3.63) is 60.0 Å². The molecule has 0 radical (unpaired) electrons. The Morgan fingerprint density at radius 2 is 2.00 bits per heavy atom. The molecule has 0 saturated heterocycles. The fraction of sp³-hybridized carbons (Fsp3) is 0.167. The SMILES string of the molecule is C[C@H](NC(=O)c1ccccc1)c1nc(-c2ccc3c(c2)nnn3C)no1. The zero-order chi connectivity index (χ0) is 18.1. The van der Waals surface area contributed by atoms with E-state index in [9.17, 15) is 4.79 Å². The van der Waals surface area contributed by atoms with Crippen molar-refractivity contribution >= 4 is 16.9 Å². The monoisotopic (exact) mass is 348 g/mol. The summed E-state index contributed by atoms with van der Waals surface area (Å²) in [5.41, 5.74) is 3.02. The van der Waals surface area contributed by atoms with Crippen LogP contribution in [0.4, 0.5) is 0 Å². The first-order valence-electron chi connectivity index (χ1n) is 8.11. The highest BCUT2D eigenvalue weighted by Crippen LogP contribution is 2.22. The van der Waals surface area contributed by atoms with Crippen LogP contribution in [0.15, 0.2) is 53.1 Å². The molecule has 2 aromatic carbocycles. The molecule has 26 heavy (non-hydrogen) atoms. The molecule has 1 N–H and O–H groups in total. The van der Waals surface area contributed by atoms with Gasteiger partial charge in [0.25, 0.3) is 5.91 Å². The van der Waals surface area contributed by atoms with Crippen LogP contribution >= 0.6 is 0 Å². The van der Waals surface area contributed by atoms with Gasteiger partial charge in [0, 0.05) is 18.2 Å². The summed E-state index contributed by atoms with van der Waals surface area (Å²) >= 11 is 0. The van der Waals surface area contributed by atoms with Crippen LogP contribution in [-0.4, -0.2) is 31.0 Å². The predicted octanol–water partition coefficient (Wildman–Crippen LogP) is 2.51. The number of rotatable bonds is 4. The van der Waals surface area contributed by atoms with Gasteiger partial charge < -0.3 is 9.84 Å². The minimum Gasteiger partial charge on any atom is -0.341 e. The molecule has 0 spiro atoms. The topological polar surface area (TPSA) is 98.7 Å². The normalized spacial score (nSPS) is 12.2. The van der Waals surface area contributed by atoms with E-state index in [1.165, 1.54) is 0 Å². The summed E-state index contributed by atoms with van der Waals surface area (Å²) in [6, 6.07) is 14.2. The Balaban J connectivity index is 1.54. The Morgan fingerprint density at radius 3 is 2.81 bits per heavy atom. The molecule has 0 fully saturated rings. The van der Waals surface area contributed by atoms with Gasteiger partial charge in [-0.1, -0.05) is 28.6 Å². The van der Waals surface area contributed by atoms with E-state index in [0.29, 0.717) is 17.3 Å². The number of hydrogen-bond donors (Lipinski definition) is 1. The Morgan fingerprint density at radius 1 is 1.19 bits per heavy atom. The number of amides is 1. The van der Waals surface area contributed by atoms with Crippen molar-refractivity contribution < 1.29 is 9.32 Å². The van der Waals surface area contributed by atoms with E-state index in [1.54, 1.807) is 23.7 Å². The molecule has 0 aliphatic rings. The number of carbonyl (C=O) groups excluding carboxylic acids is 1. The van der Waals surface area contributed by atoms with E-state index in [0.717, 1.165) is 16.6 Å². The lowest BCUT2D eigenvalue weighted by molar-refractivity contribution is 0.0932. The third kappa shape index (κ3) is 2.92. The number of nitrogens with one attached hydrogen (secondary N) is 1. The van der Waals surface area contributed by atoms with E-state index in [2.05, 4.69) is 25.8 Å². The molecule has 0 unspecified atom stereocenters. The molecule has 1 amide bonds. The van der Waals surface area contributed by atoms with Gasteiger partial charge in [-0.15, -0.1) is 5.10 Å². The largest absolute Gasteiger partial charge is 0.341 e. The lowest BCUT2D eigenvalue weighted by Gasteiger charge is -2.09. The molecule has 130 valence electrons. The van der Waals surface area contributed by atoms with E-state index in [-0.39, 0.29) is 5.91 Å². The van der Waals surface area contributed by atoms with Gasteiger partial charge in [-0.05, 0) is 37.3 Å². The molecule has 4 aromatic rings. The van der Waals surface area contributed by atoms with Crippen molar-refractivity contribution in [3.63, 3.8) is 0 Å². The summed E-state index contributed by atoms with van der Waals surface area (Å²) in [5.74, 6) is 0.579. The zero-order valence-corrected chi connectivity index (χ0v) is 14.2. The second-order valence-corrected chi connectivity index (χ2v) is 5.93. The van der Waals surface area contributed by atoms with Gasteiger partial charge in [0.15, 0.2) is 0 Å². The highest BCUT2D eigenvalue weighted by atomic mass is 16.5. The van der Waals surface area contributed by atoms with Crippen molar-refractivity contribution in [3.8, 4) is 11.4 Å². The van der Waals surface area contributed by atoms with E-state index in [1.807, 2.05) is 43.4 Å². The van der Waals surface area contributed by atoms with Crippen molar-refractivity contribution in [2.24, 2.45) is 7.05 Å². The summed E-state index contributed by atoms with van der Waals surface area (Å²) in [4.78, 5) is 16.6. The summed E-state index contributed by atoms with van der Waals surface area (Å²) in [6.45, 7) is 1.80. The number of aryl methyl sites for hydroxylation is 1. The lowest BCUT2D eigenvalue weighted by atomic mass is 10.2. The molecule has 4 rings (SSSR count). The van der Waals surface area contributed by atoms with Gasteiger partial charge in [0.05, 0.1) is 5.52 Å². The number of fused-ring (bicyclic) bond motifs is 1. The minimum atomic E-state index is -0.413. The van der Waals surface area contributed by atoms with Gasteiger partial charge in [0.2, 0.25) is 11.7 Å². The predicted molar refractivity (Wildman–Crippen MR) is 94.1 cm³/mol. The Kier molecular flexibility index (Phi) is 3.92.